The van der Waals surface area contributed by atoms with E-state index in [1.54, 1.807) is 0 Å². The zero-order valence-electron chi connectivity index (χ0n) is 12.6. The van der Waals surface area contributed by atoms with Crippen LogP contribution in [0.4, 0.5) is 0 Å². The number of rotatable bonds is 4. The summed E-state index contributed by atoms with van der Waals surface area (Å²) in [6, 6.07) is 8.63. The van der Waals surface area contributed by atoms with Gasteiger partial charge in [0.25, 0.3) is 0 Å². The maximum Gasteiger partial charge on any atom is 0.323 e. The highest BCUT2D eigenvalue weighted by molar-refractivity contribution is 8.00. The highest BCUT2D eigenvalue weighted by atomic mass is 32.2. The molecule has 0 aliphatic carbocycles. The molecule has 4 heteroatoms. The maximum absolute atomic E-state index is 12.1. The number of piperidine rings is 1. The molecule has 3 rings (SSSR count). The number of ether oxygens (including phenoxy) is 1. The SMILES string of the molecule is CCOC(=O)C1CCCCN1CC1Cc2ccccc2S1. The summed E-state index contributed by atoms with van der Waals surface area (Å²) in [6.07, 6.45) is 4.40. The number of carbonyl (C=O) groups excluding carboxylic acids is 1. The van der Waals surface area contributed by atoms with Crippen molar-refractivity contribution in [3.05, 3.63) is 29.8 Å². The fourth-order valence-corrected chi connectivity index (χ4v) is 4.68. The van der Waals surface area contributed by atoms with E-state index in [1.165, 1.54) is 16.9 Å². The van der Waals surface area contributed by atoms with E-state index in [2.05, 4.69) is 29.2 Å². The molecule has 21 heavy (non-hydrogen) atoms. The molecule has 3 nitrogen and oxygen atoms in total. The monoisotopic (exact) mass is 305 g/mol. The van der Waals surface area contributed by atoms with Crippen LogP contribution in [0.15, 0.2) is 29.2 Å². The minimum Gasteiger partial charge on any atom is -0.465 e. The molecule has 0 N–H and O–H groups in total. The van der Waals surface area contributed by atoms with Crippen LogP contribution in [0, 0.1) is 0 Å². The van der Waals surface area contributed by atoms with Gasteiger partial charge in [-0.05, 0) is 44.4 Å². The van der Waals surface area contributed by atoms with Crippen LogP contribution in [-0.2, 0) is 16.0 Å². The van der Waals surface area contributed by atoms with Crippen LogP contribution in [0.3, 0.4) is 0 Å². The summed E-state index contributed by atoms with van der Waals surface area (Å²) in [4.78, 5) is 15.9. The first-order valence-corrected chi connectivity index (χ1v) is 8.81. The van der Waals surface area contributed by atoms with Gasteiger partial charge in [-0.2, -0.15) is 0 Å². The number of esters is 1. The Morgan fingerprint density at radius 2 is 2.24 bits per heavy atom. The molecule has 0 bridgehead atoms. The van der Waals surface area contributed by atoms with E-state index in [0.29, 0.717) is 11.9 Å². The Morgan fingerprint density at radius 3 is 3.05 bits per heavy atom. The molecule has 0 aromatic heterocycles. The number of nitrogens with zero attached hydrogens (tertiary/aromatic N) is 1. The van der Waals surface area contributed by atoms with Crippen molar-refractivity contribution in [2.24, 2.45) is 0 Å². The third-order valence-corrected chi connectivity index (χ3v) is 5.63. The smallest absolute Gasteiger partial charge is 0.323 e. The average Bonchev–Trinajstić information content (AvgIpc) is 2.90. The lowest BCUT2D eigenvalue weighted by Gasteiger charge is -2.35. The quantitative estimate of drug-likeness (QED) is 0.799. The van der Waals surface area contributed by atoms with E-state index in [9.17, 15) is 4.79 Å². The van der Waals surface area contributed by atoms with Crippen LogP contribution in [-0.4, -0.2) is 41.9 Å². The van der Waals surface area contributed by atoms with Crippen LogP contribution in [0.5, 0.6) is 0 Å². The Morgan fingerprint density at radius 1 is 1.38 bits per heavy atom. The van der Waals surface area contributed by atoms with E-state index in [1.807, 2.05) is 18.7 Å². The van der Waals surface area contributed by atoms with Crippen molar-refractivity contribution in [2.45, 2.75) is 48.8 Å². The number of fused-ring (bicyclic) bond motifs is 1. The van der Waals surface area contributed by atoms with Gasteiger partial charge in [-0.15, -0.1) is 11.8 Å². The van der Waals surface area contributed by atoms with Gasteiger partial charge < -0.3 is 4.74 Å². The lowest BCUT2D eigenvalue weighted by Crippen LogP contribution is -2.48. The highest BCUT2D eigenvalue weighted by Gasteiger charge is 2.33. The second-order valence-corrected chi connectivity index (χ2v) is 7.15. The molecule has 2 atom stereocenters. The fourth-order valence-electron chi connectivity index (χ4n) is 3.33. The molecular weight excluding hydrogens is 282 g/mol. The van der Waals surface area contributed by atoms with Gasteiger partial charge in [0.2, 0.25) is 0 Å². The second kappa shape index (κ2) is 6.84. The van der Waals surface area contributed by atoms with Crippen LogP contribution in [0.1, 0.15) is 31.7 Å². The standard InChI is InChI=1S/C17H23NO2S/c1-2-20-17(19)15-8-5-6-10-18(15)12-14-11-13-7-3-4-9-16(13)21-14/h3-4,7,9,14-15H,2,5-6,8,10-12H2,1H3. The lowest BCUT2D eigenvalue weighted by atomic mass is 10.0. The zero-order valence-corrected chi connectivity index (χ0v) is 13.4. The van der Waals surface area contributed by atoms with Gasteiger partial charge in [-0.3, -0.25) is 9.69 Å². The minimum atomic E-state index is -0.0299. The topological polar surface area (TPSA) is 29.5 Å². The summed E-state index contributed by atoms with van der Waals surface area (Å²) < 4.78 is 5.25. The molecule has 1 aromatic carbocycles. The first kappa shape index (κ1) is 14.9. The van der Waals surface area contributed by atoms with Crippen LogP contribution < -0.4 is 0 Å². The van der Waals surface area contributed by atoms with E-state index in [4.69, 9.17) is 4.74 Å². The zero-order chi connectivity index (χ0) is 14.7. The van der Waals surface area contributed by atoms with Crippen LogP contribution in [0.2, 0.25) is 0 Å². The molecule has 1 aromatic rings. The summed E-state index contributed by atoms with van der Waals surface area (Å²) in [7, 11) is 0. The first-order chi connectivity index (χ1) is 10.3. The van der Waals surface area contributed by atoms with Crippen molar-refractivity contribution < 1.29 is 9.53 Å². The molecule has 0 saturated carbocycles. The molecular formula is C17H23NO2S. The van der Waals surface area contributed by atoms with Gasteiger partial charge >= 0.3 is 5.97 Å². The average molecular weight is 305 g/mol. The van der Waals surface area contributed by atoms with Gasteiger partial charge in [-0.25, -0.2) is 0 Å². The van der Waals surface area contributed by atoms with E-state index >= 15 is 0 Å². The Hall–Kier alpha value is -1.00. The van der Waals surface area contributed by atoms with Gasteiger partial charge in [0.15, 0.2) is 0 Å². The molecule has 114 valence electrons. The van der Waals surface area contributed by atoms with Crippen molar-refractivity contribution in [1.29, 1.82) is 0 Å². The second-order valence-electron chi connectivity index (χ2n) is 5.81. The Balaban J connectivity index is 1.62. The minimum absolute atomic E-state index is 0.0250. The summed E-state index contributed by atoms with van der Waals surface area (Å²) in [5, 5.41) is 0.567. The summed E-state index contributed by atoms with van der Waals surface area (Å²) in [5.74, 6) is -0.0299. The number of hydrogen-bond acceptors (Lipinski definition) is 4. The van der Waals surface area contributed by atoms with Crippen molar-refractivity contribution >= 4 is 17.7 Å². The van der Waals surface area contributed by atoms with Gasteiger partial charge in [0.05, 0.1) is 6.61 Å². The number of carbonyl (C=O) groups is 1. The van der Waals surface area contributed by atoms with Gasteiger partial charge in [0, 0.05) is 16.7 Å². The number of likely N-dealkylation sites (tertiary alicyclic amines) is 1. The first-order valence-electron chi connectivity index (χ1n) is 7.93. The number of benzene rings is 1. The summed E-state index contributed by atoms with van der Waals surface area (Å²) in [6.45, 7) is 4.38. The van der Waals surface area contributed by atoms with E-state index in [0.717, 1.165) is 32.4 Å². The number of hydrogen-bond donors (Lipinski definition) is 0. The Bertz CT molecular complexity index is 480. The molecule has 2 unspecified atom stereocenters. The lowest BCUT2D eigenvalue weighted by molar-refractivity contribution is -0.150. The third kappa shape index (κ3) is 3.43. The van der Waals surface area contributed by atoms with Crippen LogP contribution in [0.25, 0.3) is 0 Å². The molecule has 1 fully saturated rings. The van der Waals surface area contributed by atoms with E-state index in [-0.39, 0.29) is 12.0 Å². The summed E-state index contributed by atoms with van der Waals surface area (Å²) in [5.41, 5.74) is 1.46. The predicted molar refractivity (Wildman–Crippen MR) is 85.6 cm³/mol. The van der Waals surface area contributed by atoms with Crippen LogP contribution >= 0.6 is 11.8 Å². The normalized spacial score (nSPS) is 25.6. The van der Waals surface area contributed by atoms with Crippen molar-refractivity contribution in [1.82, 2.24) is 4.90 Å². The van der Waals surface area contributed by atoms with Gasteiger partial charge in [0.1, 0.15) is 6.04 Å². The van der Waals surface area contributed by atoms with Crippen molar-refractivity contribution in [3.8, 4) is 0 Å². The maximum atomic E-state index is 12.1. The molecule has 2 aliphatic rings. The molecule has 2 heterocycles. The number of thioether (sulfide) groups is 1. The fraction of sp³-hybridized carbons (Fsp3) is 0.588. The van der Waals surface area contributed by atoms with Crippen molar-refractivity contribution in [2.75, 3.05) is 19.7 Å². The molecule has 0 spiro atoms. The summed E-state index contributed by atoms with van der Waals surface area (Å²) >= 11 is 1.96. The van der Waals surface area contributed by atoms with Crippen molar-refractivity contribution in [3.63, 3.8) is 0 Å². The predicted octanol–water partition coefficient (Wildman–Crippen LogP) is 3.12. The molecule has 0 radical (unpaired) electrons. The third-order valence-electron chi connectivity index (χ3n) is 4.32. The Labute approximate surface area is 131 Å². The largest absolute Gasteiger partial charge is 0.465 e. The highest BCUT2D eigenvalue weighted by Crippen LogP contribution is 2.37. The molecule has 0 amide bonds. The van der Waals surface area contributed by atoms with E-state index < -0.39 is 0 Å². The Kier molecular flexibility index (Phi) is 4.86. The van der Waals surface area contributed by atoms with Gasteiger partial charge in [-0.1, -0.05) is 24.6 Å². The molecule has 1 saturated heterocycles. The molecule has 2 aliphatic heterocycles.